The van der Waals surface area contributed by atoms with Gasteiger partial charge in [0.2, 0.25) is 0 Å². The maximum Gasteiger partial charge on any atom is 0.163 e. The second-order valence-corrected chi connectivity index (χ2v) is 10.8. The second-order valence-electron chi connectivity index (χ2n) is 9.94. The van der Waals surface area contributed by atoms with Crippen LogP contribution >= 0.6 is 23.2 Å². The Bertz CT molecular complexity index is 1470. The summed E-state index contributed by atoms with van der Waals surface area (Å²) in [6, 6.07) is 38.2. The summed E-state index contributed by atoms with van der Waals surface area (Å²) in [5, 5.41) is 1.29. The van der Waals surface area contributed by atoms with E-state index in [4.69, 9.17) is 23.2 Å². The van der Waals surface area contributed by atoms with E-state index in [1.807, 2.05) is 116 Å². The lowest BCUT2D eigenvalue weighted by Crippen LogP contribution is -2.16. The van der Waals surface area contributed by atoms with Gasteiger partial charge in [-0.3, -0.25) is 9.59 Å². The number of ketones is 2. The molecule has 5 aromatic rings. The highest BCUT2D eigenvalue weighted by molar-refractivity contribution is 6.30. The molecule has 3 nitrogen and oxygen atoms in total. The summed E-state index contributed by atoms with van der Waals surface area (Å²) in [6.07, 6.45) is 0.606. The number of benzene rings is 4. The van der Waals surface area contributed by atoms with Gasteiger partial charge in [0.1, 0.15) is 0 Å². The highest BCUT2D eigenvalue weighted by Gasteiger charge is 2.27. The van der Waals surface area contributed by atoms with Gasteiger partial charge in [0.15, 0.2) is 11.6 Å². The molecular formula is C35H29Cl2NO2. The van der Waals surface area contributed by atoms with Crippen molar-refractivity contribution in [2.75, 3.05) is 0 Å². The molecule has 1 aromatic heterocycles. The minimum absolute atomic E-state index is 0.0665. The van der Waals surface area contributed by atoms with Gasteiger partial charge < -0.3 is 4.57 Å². The van der Waals surface area contributed by atoms with E-state index in [9.17, 15) is 9.59 Å². The van der Waals surface area contributed by atoms with Crippen LogP contribution in [0.15, 0.2) is 121 Å². The molecule has 0 radical (unpaired) electrons. The smallest absolute Gasteiger partial charge is 0.163 e. The Morgan fingerprint density at radius 1 is 0.550 bits per heavy atom. The molecule has 0 N–H and O–H groups in total. The molecule has 200 valence electrons. The average molecular weight is 567 g/mol. The Hall–Kier alpha value is -3.92. The molecule has 0 bridgehead atoms. The lowest BCUT2D eigenvalue weighted by molar-refractivity contribution is 0.0970. The molecule has 0 spiro atoms. The lowest BCUT2D eigenvalue weighted by Gasteiger charge is -2.23. The van der Waals surface area contributed by atoms with Crippen LogP contribution < -0.4 is 0 Å². The topological polar surface area (TPSA) is 39.1 Å². The van der Waals surface area contributed by atoms with E-state index < -0.39 is 0 Å². The lowest BCUT2D eigenvalue weighted by atomic mass is 9.88. The van der Waals surface area contributed by atoms with Crippen molar-refractivity contribution in [1.82, 2.24) is 4.57 Å². The highest BCUT2D eigenvalue weighted by atomic mass is 35.5. The van der Waals surface area contributed by atoms with Crippen LogP contribution in [-0.4, -0.2) is 16.1 Å². The predicted molar refractivity (Wildman–Crippen MR) is 163 cm³/mol. The largest absolute Gasteiger partial charge is 0.350 e. The monoisotopic (exact) mass is 565 g/mol. The van der Waals surface area contributed by atoms with Gasteiger partial charge in [-0.25, -0.2) is 0 Å². The van der Waals surface area contributed by atoms with Crippen molar-refractivity contribution in [2.45, 2.75) is 24.7 Å². The zero-order valence-corrected chi connectivity index (χ0v) is 23.6. The van der Waals surface area contributed by atoms with Crippen LogP contribution in [0.5, 0.6) is 0 Å². The van der Waals surface area contributed by atoms with Crippen LogP contribution in [0.4, 0.5) is 0 Å². The fourth-order valence-corrected chi connectivity index (χ4v) is 5.53. The van der Waals surface area contributed by atoms with E-state index in [-0.39, 0.29) is 23.4 Å². The quantitative estimate of drug-likeness (QED) is 0.158. The maximum atomic E-state index is 13.4. The first-order chi connectivity index (χ1) is 19.4. The number of Topliss-reactive ketones (excluding diaryl/α,β-unsaturated/α-hetero) is 2. The number of rotatable bonds is 10. The number of nitrogens with zero attached hydrogens (tertiary/aromatic N) is 1. The molecule has 0 saturated carbocycles. The zero-order chi connectivity index (χ0) is 28.1. The Morgan fingerprint density at radius 3 is 1.25 bits per heavy atom. The van der Waals surface area contributed by atoms with Gasteiger partial charge in [-0.1, -0.05) is 108 Å². The molecule has 0 aliphatic rings. The number of hydrogen-bond donors (Lipinski definition) is 0. The molecule has 0 saturated heterocycles. The molecule has 2 unspecified atom stereocenters. The van der Waals surface area contributed by atoms with Crippen LogP contribution in [-0.2, 0) is 7.05 Å². The molecule has 0 aliphatic heterocycles. The minimum atomic E-state index is -0.195. The summed E-state index contributed by atoms with van der Waals surface area (Å²) in [4.78, 5) is 26.8. The van der Waals surface area contributed by atoms with Gasteiger partial charge in [-0.15, -0.1) is 0 Å². The Kier molecular flexibility index (Phi) is 8.64. The van der Waals surface area contributed by atoms with E-state index in [2.05, 4.69) is 16.7 Å². The van der Waals surface area contributed by atoms with Crippen molar-refractivity contribution in [3.8, 4) is 0 Å². The highest BCUT2D eigenvalue weighted by Crippen LogP contribution is 2.36. The molecule has 2 atom stereocenters. The third-order valence-corrected chi connectivity index (χ3v) is 7.93. The van der Waals surface area contributed by atoms with Gasteiger partial charge in [-0.2, -0.15) is 0 Å². The second kappa shape index (κ2) is 12.5. The van der Waals surface area contributed by atoms with Crippen molar-refractivity contribution in [3.05, 3.63) is 165 Å². The summed E-state index contributed by atoms with van der Waals surface area (Å²) in [5.41, 5.74) is 5.36. The number of carbonyl (C=O) groups is 2. The summed E-state index contributed by atoms with van der Waals surface area (Å²) >= 11 is 12.4. The van der Waals surface area contributed by atoms with Crippen molar-refractivity contribution >= 4 is 34.8 Å². The molecule has 40 heavy (non-hydrogen) atoms. The fraction of sp³-hybridized carbons (Fsp3) is 0.143. The van der Waals surface area contributed by atoms with Gasteiger partial charge in [0.25, 0.3) is 0 Å². The standard InChI is InChI=1S/C35H29Cl2NO2/c1-38-32(30(24-12-16-28(36)17-13-24)22-34(39)26-8-4-2-5-9-26)20-21-33(38)31(25-14-18-29(37)19-15-25)23-35(40)27-10-6-3-7-11-27/h2-21,30-31H,22-23H2,1H3. The molecule has 1 heterocycles. The van der Waals surface area contributed by atoms with Gasteiger partial charge in [0, 0.05) is 64.3 Å². The SMILES string of the molecule is Cn1c(C(CC(=O)c2ccccc2)c2ccc(Cl)cc2)ccc1C(CC(=O)c1ccccc1)c1ccc(Cl)cc1. The van der Waals surface area contributed by atoms with E-state index in [0.29, 0.717) is 34.0 Å². The summed E-state index contributed by atoms with van der Waals surface area (Å²) in [6.45, 7) is 0. The van der Waals surface area contributed by atoms with Crippen molar-refractivity contribution in [1.29, 1.82) is 0 Å². The maximum absolute atomic E-state index is 13.4. The van der Waals surface area contributed by atoms with Crippen LogP contribution in [0, 0.1) is 0 Å². The Morgan fingerprint density at radius 2 is 0.900 bits per heavy atom. The third kappa shape index (κ3) is 6.28. The van der Waals surface area contributed by atoms with Crippen molar-refractivity contribution < 1.29 is 9.59 Å². The fourth-order valence-electron chi connectivity index (χ4n) is 5.27. The number of hydrogen-bond acceptors (Lipinski definition) is 2. The van der Waals surface area contributed by atoms with Gasteiger partial charge >= 0.3 is 0 Å². The van der Waals surface area contributed by atoms with Crippen LogP contribution in [0.3, 0.4) is 0 Å². The first-order valence-electron chi connectivity index (χ1n) is 13.2. The molecular weight excluding hydrogens is 537 g/mol. The molecule has 0 fully saturated rings. The molecule has 0 amide bonds. The van der Waals surface area contributed by atoms with E-state index in [0.717, 1.165) is 22.5 Å². The summed E-state index contributed by atoms with van der Waals surface area (Å²) in [5.74, 6) is -0.257. The normalized spacial score (nSPS) is 12.6. The minimum Gasteiger partial charge on any atom is -0.350 e. The average Bonchev–Trinajstić information content (AvgIpc) is 3.36. The molecule has 4 aromatic carbocycles. The molecule has 0 aliphatic carbocycles. The van der Waals surface area contributed by atoms with Gasteiger partial charge in [0.05, 0.1) is 0 Å². The summed E-state index contributed by atoms with van der Waals surface area (Å²) in [7, 11) is 2.01. The molecule has 5 heteroatoms. The van der Waals surface area contributed by atoms with Gasteiger partial charge in [-0.05, 0) is 47.5 Å². The first kappa shape index (κ1) is 27.6. The Labute approximate surface area is 245 Å². The van der Waals surface area contributed by atoms with E-state index in [1.165, 1.54) is 0 Å². The first-order valence-corrected chi connectivity index (χ1v) is 14.0. The molecule has 5 rings (SSSR count). The van der Waals surface area contributed by atoms with Crippen LogP contribution in [0.2, 0.25) is 10.0 Å². The van der Waals surface area contributed by atoms with E-state index in [1.54, 1.807) is 0 Å². The third-order valence-electron chi connectivity index (χ3n) is 7.43. The number of aromatic nitrogens is 1. The number of halogens is 2. The van der Waals surface area contributed by atoms with Crippen molar-refractivity contribution in [2.24, 2.45) is 7.05 Å². The Balaban J connectivity index is 1.55. The zero-order valence-electron chi connectivity index (χ0n) is 22.1. The van der Waals surface area contributed by atoms with Crippen LogP contribution in [0.25, 0.3) is 0 Å². The predicted octanol–water partition coefficient (Wildman–Crippen LogP) is 9.14. The summed E-state index contributed by atoms with van der Waals surface area (Å²) < 4.78 is 2.13. The number of carbonyl (C=O) groups excluding carboxylic acids is 2. The van der Waals surface area contributed by atoms with Crippen molar-refractivity contribution in [3.63, 3.8) is 0 Å². The van der Waals surface area contributed by atoms with E-state index >= 15 is 0 Å². The van der Waals surface area contributed by atoms with Crippen LogP contribution in [0.1, 0.15) is 67.9 Å².